The smallest absolute Gasteiger partial charge is 0.128 e. The van der Waals surface area contributed by atoms with Crippen molar-refractivity contribution in [2.75, 3.05) is 31.6 Å². The maximum Gasteiger partial charge on any atom is 0.128 e. The molecule has 112 valence electrons. The van der Waals surface area contributed by atoms with E-state index in [4.69, 9.17) is 0 Å². The Hall–Kier alpha value is -1.13. The van der Waals surface area contributed by atoms with Gasteiger partial charge in [-0.15, -0.1) is 0 Å². The molecule has 1 saturated heterocycles. The highest BCUT2D eigenvalue weighted by Crippen LogP contribution is 2.21. The molecule has 0 saturated carbocycles. The molecule has 0 aromatic carbocycles. The Balaban J connectivity index is 2.06. The molecule has 1 aliphatic heterocycles. The third-order valence-corrected chi connectivity index (χ3v) is 4.46. The van der Waals surface area contributed by atoms with Gasteiger partial charge in [-0.1, -0.05) is 13.0 Å². The van der Waals surface area contributed by atoms with E-state index >= 15 is 0 Å². The number of pyridine rings is 1. The molecule has 2 rings (SSSR count). The van der Waals surface area contributed by atoms with E-state index in [1.807, 2.05) is 6.20 Å². The first-order chi connectivity index (χ1) is 9.52. The minimum atomic E-state index is 0.367. The number of nitrogens with zero attached hydrogens (tertiary/aromatic N) is 3. The predicted molar refractivity (Wildman–Crippen MR) is 85.2 cm³/mol. The van der Waals surface area contributed by atoms with Gasteiger partial charge in [-0.05, 0) is 46.0 Å². The minimum Gasteiger partial charge on any atom is -0.354 e. The fourth-order valence-electron chi connectivity index (χ4n) is 2.86. The molecule has 0 bridgehead atoms. The maximum atomic E-state index is 4.67. The topological polar surface area (TPSA) is 31.4 Å². The highest BCUT2D eigenvalue weighted by atomic mass is 15.3. The maximum absolute atomic E-state index is 4.67. The van der Waals surface area contributed by atoms with Crippen molar-refractivity contribution >= 4 is 5.82 Å². The summed E-state index contributed by atoms with van der Waals surface area (Å²) in [5.41, 5.74) is 1.26. The molecule has 1 aromatic heterocycles. The Morgan fingerprint density at radius 3 is 2.45 bits per heavy atom. The number of nitrogens with one attached hydrogen (secondary N) is 1. The second-order valence-corrected chi connectivity index (χ2v) is 6.00. The number of likely N-dealkylation sites (N-methyl/N-ethyl adjacent to an activating group) is 1. The van der Waals surface area contributed by atoms with Gasteiger partial charge in [0.05, 0.1) is 0 Å². The number of piperazine rings is 1. The molecule has 0 aliphatic carbocycles. The summed E-state index contributed by atoms with van der Waals surface area (Å²) < 4.78 is 0. The highest BCUT2D eigenvalue weighted by molar-refractivity contribution is 5.41. The standard InChI is InChI=1S/C16H28N4/c1-6-17-14(4)15-7-8-16(18-9-15)20-10-12(2)19(5)13(3)11-20/h7-9,12-14,17H,6,10-11H2,1-5H3. The molecule has 1 fully saturated rings. The van der Waals surface area contributed by atoms with Crippen LogP contribution in [0.5, 0.6) is 0 Å². The molecule has 0 spiro atoms. The Morgan fingerprint density at radius 2 is 1.95 bits per heavy atom. The predicted octanol–water partition coefficient (Wildman–Crippen LogP) is 2.28. The van der Waals surface area contributed by atoms with Crippen LogP contribution in [0.25, 0.3) is 0 Å². The summed E-state index contributed by atoms with van der Waals surface area (Å²) in [4.78, 5) is 9.51. The van der Waals surface area contributed by atoms with Crippen molar-refractivity contribution in [2.45, 2.75) is 45.8 Å². The lowest BCUT2D eigenvalue weighted by molar-refractivity contribution is 0.169. The average Bonchev–Trinajstić information content (AvgIpc) is 2.44. The van der Waals surface area contributed by atoms with Gasteiger partial charge >= 0.3 is 0 Å². The van der Waals surface area contributed by atoms with Crippen LogP contribution in [-0.2, 0) is 0 Å². The molecule has 3 atom stereocenters. The number of hydrogen-bond acceptors (Lipinski definition) is 4. The lowest BCUT2D eigenvalue weighted by Crippen LogP contribution is -2.55. The largest absolute Gasteiger partial charge is 0.354 e. The molecule has 0 radical (unpaired) electrons. The molecule has 2 heterocycles. The van der Waals surface area contributed by atoms with Crippen LogP contribution in [0.1, 0.15) is 39.3 Å². The quantitative estimate of drug-likeness (QED) is 0.914. The Bertz CT molecular complexity index is 405. The van der Waals surface area contributed by atoms with E-state index in [-0.39, 0.29) is 0 Å². The number of anilines is 1. The van der Waals surface area contributed by atoms with Gasteiger partial charge in [0.2, 0.25) is 0 Å². The first kappa shape index (κ1) is 15.3. The zero-order chi connectivity index (χ0) is 14.7. The molecule has 4 nitrogen and oxygen atoms in total. The number of aromatic nitrogens is 1. The van der Waals surface area contributed by atoms with E-state index in [0.717, 1.165) is 25.5 Å². The van der Waals surface area contributed by atoms with Crippen molar-refractivity contribution in [3.05, 3.63) is 23.9 Å². The van der Waals surface area contributed by atoms with Crippen molar-refractivity contribution < 1.29 is 0 Å². The third kappa shape index (κ3) is 3.30. The molecule has 20 heavy (non-hydrogen) atoms. The van der Waals surface area contributed by atoms with Crippen LogP contribution in [0.2, 0.25) is 0 Å². The molecular formula is C16H28N4. The van der Waals surface area contributed by atoms with Gasteiger partial charge in [0, 0.05) is 37.4 Å². The SMILES string of the molecule is CCNC(C)c1ccc(N2CC(C)N(C)C(C)C2)nc1. The lowest BCUT2D eigenvalue weighted by Gasteiger charge is -2.43. The molecule has 1 aromatic rings. The van der Waals surface area contributed by atoms with Crippen LogP contribution in [0.4, 0.5) is 5.82 Å². The second-order valence-electron chi connectivity index (χ2n) is 6.00. The number of hydrogen-bond donors (Lipinski definition) is 1. The first-order valence-electron chi connectivity index (χ1n) is 7.69. The molecule has 3 unspecified atom stereocenters. The van der Waals surface area contributed by atoms with E-state index in [9.17, 15) is 0 Å². The van der Waals surface area contributed by atoms with Crippen molar-refractivity contribution in [1.82, 2.24) is 15.2 Å². The van der Waals surface area contributed by atoms with E-state index in [1.54, 1.807) is 0 Å². The summed E-state index contributed by atoms with van der Waals surface area (Å²) in [7, 11) is 2.21. The number of rotatable bonds is 4. The zero-order valence-electron chi connectivity index (χ0n) is 13.4. The van der Waals surface area contributed by atoms with Gasteiger partial charge < -0.3 is 10.2 Å². The molecule has 1 N–H and O–H groups in total. The summed E-state index contributed by atoms with van der Waals surface area (Å²) in [6.07, 6.45) is 2.01. The van der Waals surface area contributed by atoms with Gasteiger partial charge in [-0.2, -0.15) is 0 Å². The van der Waals surface area contributed by atoms with Crippen LogP contribution < -0.4 is 10.2 Å². The Morgan fingerprint density at radius 1 is 1.30 bits per heavy atom. The van der Waals surface area contributed by atoms with Gasteiger partial charge in [0.25, 0.3) is 0 Å². The van der Waals surface area contributed by atoms with Crippen LogP contribution in [0.3, 0.4) is 0 Å². The summed E-state index contributed by atoms with van der Waals surface area (Å²) in [6, 6.07) is 5.87. The third-order valence-electron chi connectivity index (χ3n) is 4.46. The van der Waals surface area contributed by atoms with E-state index in [1.165, 1.54) is 5.56 Å². The van der Waals surface area contributed by atoms with E-state index < -0.39 is 0 Å². The Labute approximate surface area is 123 Å². The van der Waals surface area contributed by atoms with E-state index in [2.05, 4.69) is 67.0 Å². The zero-order valence-corrected chi connectivity index (χ0v) is 13.4. The van der Waals surface area contributed by atoms with Crippen LogP contribution in [0, 0.1) is 0 Å². The average molecular weight is 276 g/mol. The summed E-state index contributed by atoms with van der Waals surface area (Å²) in [5.74, 6) is 1.10. The fourth-order valence-corrected chi connectivity index (χ4v) is 2.86. The monoisotopic (exact) mass is 276 g/mol. The fraction of sp³-hybridized carbons (Fsp3) is 0.688. The van der Waals surface area contributed by atoms with Crippen LogP contribution in [0.15, 0.2) is 18.3 Å². The second kappa shape index (κ2) is 6.55. The van der Waals surface area contributed by atoms with Crippen molar-refractivity contribution in [3.8, 4) is 0 Å². The molecule has 4 heteroatoms. The molecule has 0 amide bonds. The van der Waals surface area contributed by atoms with E-state index in [0.29, 0.717) is 18.1 Å². The normalized spacial score (nSPS) is 25.8. The minimum absolute atomic E-state index is 0.367. The van der Waals surface area contributed by atoms with Gasteiger partial charge in [0.1, 0.15) is 5.82 Å². The van der Waals surface area contributed by atoms with Crippen molar-refractivity contribution in [3.63, 3.8) is 0 Å². The van der Waals surface area contributed by atoms with Gasteiger partial charge in [-0.3, -0.25) is 4.90 Å². The lowest BCUT2D eigenvalue weighted by atomic mass is 10.1. The van der Waals surface area contributed by atoms with Crippen molar-refractivity contribution in [1.29, 1.82) is 0 Å². The molecule has 1 aliphatic rings. The summed E-state index contributed by atoms with van der Waals surface area (Å²) in [5, 5.41) is 3.42. The summed E-state index contributed by atoms with van der Waals surface area (Å²) >= 11 is 0. The van der Waals surface area contributed by atoms with Gasteiger partial charge in [-0.25, -0.2) is 4.98 Å². The highest BCUT2D eigenvalue weighted by Gasteiger charge is 2.27. The van der Waals surface area contributed by atoms with Crippen LogP contribution >= 0.6 is 0 Å². The Kier molecular flexibility index (Phi) is 5.00. The summed E-state index contributed by atoms with van der Waals surface area (Å²) in [6.45, 7) is 12.0. The first-order valence-corrected chi connectivity index (χ1v) is 7.69. The van der Waals surface area contributed by atoms with Crippen LogP contribution in [-0.4, -0.2) is 48.6 Å². The molecular weight excluding hydrogens is 248 g/mol. The van der Waals surface area contributed by atoms with Gasteiger partial charge in [0.15, 0.2) is 0 Å². The van der Waals surface area contributed by atoms with Crippen molar-refractivity contribution in [2.24, 2.45) is 0 Å².